The van der Waals surface area contributed by atoms with Crippen molar-refractivity contribution < 1.29 is 41.9 Å². The number of halogens is 3. The molecule has 42 heavy (non-hydrogen) atoms. The molecule has 0 saturated heterocycles. The van der Waals surface area contributed by atoms with Crippen molar-refractivity contribution in [3.8, 4) is 22.6 Å². The summed E-state index contributed by atoms with van der Waals surface area (Å²) < 4.78 is 59.7. The second-order valence-electron chi connectivity index (χ2n) is 9.45. The highest BCUT2D eigenvalue weighted by Crippen LogP contribution is 2.52. The Labute approximate surface area is 237 Å². The van der Waals surface area contributed by atoms with Crippen LogP contribution in [-0.4, -0.2) is 55.0 Å². The predicted octanol–water partition coefficient (Wildman–Crippen LogP) is 5.11. The molecule has 0 radical (unpaired) electrons. The summed E-state index contributed by atoms with van der Waals surface area (Å²) in [4.78, 5) is 39.0. The summed E-state index contributed by atoms with van der Waals surface area (Å²) in [6.07, 6.45) is 1.76. The van der Waals surface area contributed by atoms with E-state index in [0.29, 0.717) is 28.8 Å². The normalized spacial score (nSPS) is 12.2. The van der Waals surface area contributed by atoms with Crippen molar-refractivity contribution in [2.45, 2.75) is 13.3 Å². The molecular formula is C29H24F3N3O7. The summed E-state index contributed by atoms with van der Waals surface area (Å²) in [6.45, 7) is 1.36. The van der Waals surface area contributed by atoms with Gasteiger partial charge in [0.05, 0.1) is 42.0 Å². The summed E-state index contributed by atoms with van der Waals surface area (Å²) in [6, 6.07) is 7.40. The van der Waals surface area contributed by atoms with E-state index in [2.05, 4.69) is 0 Å². The van der Waals surface area contributed by atoms with Gasteiger partial charge in [-0.05, 0) is 29.8 Å². The van der Waals surface area contributed by atoms with E-state index in [1.807, 2.05) is 0 Å². The van der Waals surface area contributed by atoms with Gasteiger partial charge in [-0.15, -0.1) is 0 Å². The minimum atomic E-state index is -1.69. The van der Waals surface area contributed by atoms with Gasteiger partial charge in [0.1, 0.15) is 11.4 Å². The molecule has 0 N–H and O–H groups in total. The van der Waals surface area contributed by atoms with Crippen molar-refractivity contribution >= 4 is 28.6 Å². The van der Waals surface area contributed by atoms with Crippen LogP contribution in [0, 0.1) is 27.6 Å². The first-order valence-electron chi connectivity index (χ1n) is 12.7. The molecule has 2 aromatic carbocycles. The van der Waals surface area contributed by atoms with E-state index in [0.717, 1.165) is 0 Å². The van der Waals surface area contributed by atoms with Crippen LogP contribution >= 0.6 is 0 Å². The highest BCUT2D eigenvalue weighted by molar-refractivity contribution is 6.10. The highest BCUT2D eigenvalue weighted by atomic mass is 19.2. The molecule has 13 heteroatoms. The van der Waals surface area contributed by atoms with Crippen LogP contribution in [0.5, 0.6) is 11.5 Å². The van der Waals surface area contributed by atoms with Gasteiger partial charge >= 0.3 is 5.69 Å². The minimum absolute atomic E-state index is 0.0307. The van der Waals surface area contributed by atoms with Crippen LogP contribution < -0.4 is 14.4 Å². The number of nitro benzene ring substituents is 1. The van der Waals surface area contributed by atoms with Gasteiger partial charge in [-0.1, -0.05) is 6.07 Å². The van der Waals surface area contributed by atoms with E-state index in [9.17, 15) is 32.9 Å². The van der Waals surface area contributed by atoms with E-state index in [-0.39, 0.29) is 54.6 Å². The maximum atomic E-state index is 14.0. The van der Waals surface area contributed by atoms with E-state index in [1.165, 1.54) is 42.6 Å². The average Bonchev–Trinajstić information content (AvgIpc) is 3.32. The molecule has 5 rings (SSSR count). The molecule has 0 aliphatic carbocycles. The second-order valence-corrected chi connectivity index (χ2v) is 9.45. The number of aromatic nitrogens is 1. The number of hydrogen-bond acceptors (Lipinski definition) is 7. The summed E-state index contributed by atoms with van der Waals surface area (Å²) >= 11 is 0. The summed E-state index contributed by atoms with van der Waals surface area (Å²) in [5.74, 6) is -5.89. The molecule has 3 heterocycles. The number of methoxy groups -OCH3 is 2. The van der Waals surface area contributed by atoms with Gasteiger partial charge in [0.15, 0.2) is 17.5 Å². The van der Waals surface area contributed by atoms with Crippen molar-refractivity contribution in [1.29, 1.82) is 0 Å². The number of amides is 1. The molecule has 1 aliphatic heterocycles. The number of ether oxygens (including phenoxy) is 3. The van der Waals surface area contributed by atoms with Crippen molar-refractivity contribution in [2.75, 3.05) is 38.9 Å². The van der Waals surface area contributed by atoms with Gasteiger partial charge in [-0.3, -0.25) is 19.7 Å². The third kappa shape index (κ3) is 4.71. The topological polar surface area (TPSA) is 113 Å². The number of pyridine rings is 1. The van der Waals surface area contributed by atoms with Crippen LogP contribution in [0.1, 0.15) is 28.5 Å². The van der Waals surface area contributed by atoms with Crippen molar-refractivity contribution in [1.82, 2.24) is 4.40 Å². The summed E-state index contributed by atoms with van der Waals surface area (Å²) in [5, 5.41) is 12.5. The molecule has 10 nitrogen and oxygen atoms in total. The predicted molar refractivity (Wildman–Crippen MR) is 145 cm³/mol. The van der Waals surface area contributed by atoms with Crippen LogP contribution in [0.2, 0.25) is 0 Å². The molecule has 2 aromatic heterocycles. The van der Waals surface area contributed by atoms with Gasteiger partial charge in [0.2, 0.25) is 17.4 Å². The molecule has 0 bridgehead atoms. The Morgan fingerprint density at radius 2 is 1.86 bits per heavy atom. The fourth-order valence-corrected chi connectivity index (χ4v) is 5.18. The van der Waals surface area contributed by atoms with Crippen molar-refractivity contribution in [2.24, 2.45) is 0 Å². The smallest absolute Gasteiger partial charge is 0.335 e. The first-order chi connectivity index (χ1) is 20.1. The molecule has 218 valence electrons. The van der Waals surface area contributed by atoms with Crippen molar-refractivity contribution in [3.63, 3.8) is 0 Å². The van der Waals surface area contributed by atoms with E-state index in [4.69, 9.17) is 14.2 Å². The van der Waals surface area contributed by atoms with E-state index < -0.39 is 45.3 Å². The Kier molecular flexibility index (Phi) is 7.61. The molecular weight excluding hydrogens is 559 g/mol. The summed E-state index contributed by atoms with van der Waals surface area (Å²) in [7, 11) is 2.80. The first-order valence-corrected chi connectivity index (χ1v) is 12.7. The fourth-order valence-electron chi connectivity index (χ4n) is 5.18. The molecule has 0 atom stereocenters. The molecule has 0 fully saturated rings. The number of carbonyl (C=O) groups excluding carboxylic acids is 2. The number of nitro groups is 1. The Morgan fingerprint density at radius 3 is 2.48 bits per heavy atom. The zero-order valence-electron chi connectivity index (χ0n) is 22.7. The minimum Gasteiger partial charge on any atom is -0.496 e. The zero-order chi connectivity index (χ0) is 30.3. The number of fused-ring (bicyclic) bond motifs is 2. The lowest BCUT2D eigenvalue weighted by atomic mass is 9.97. The number of benzene rings is 2. The number of nitrogens with zero attached hydrogens (tertiary/aromatic N) is 3. The Bertz CT molecular complexity index is 1750. The number of anilines is 1. The van der Waals surface area contributed by atoms with E-state index >= 15 is 0 Å². The first kappa shape index (κ1) is 28.6. The molecule has 0 saturated carbocycles. The highest BCUT2D eigenvalue weighted by Gasteiger charge is 2.35. The number of ketones is 1. The molecule has 0 spiro atoms. The van der Waals surface area contributed by atoms with Gasteiger partial charge < -0.3 is 23.5 Å². The molecule has 1 amide bonds. The maximum absolute atomic E-state index is 14.0. The Morgan fingerprint density at radius 1 is 1.14 bits per heavy atom. The van der Waals surface area contributed by atoms with Crippen LogP contribution in [0.4, 0.5) is 24.5 Å². The molecule has 4 aromatic rings. The number of rotatable bonds is 8. The second kappa shape index (κ2) is 11.2. The van der Waals surface area contributed by atoms with Crippen molar-refractivity contribution in [3.05, 3.63) is 87.0 Å². The van der Waals surface area contributed by atoms with Crippen LogP contribution in [0.15, 0.2) is 42.6 Å². The van der Waals surface area contributed by atoms with Gasteiger partial charge in [0, 0.05) is 50.4 Å². The zero-order valence-corrected chi connectivity index (χ0v) is 22.7. The SMILES string of the molecule is COCCN(C(C)=O)c1cc(OC)c2c(c1[N+](=O)[O-])OCCc1cc(C(=O)c3cc(F)c(F)c(F)c3)n3cccc-2c13. The molecule has 0 unspecified atom stereocenters. The average molecular weight is 584 g/mol. The lowest BCUT2D eigenvalue weighted by Crippen LogP contribution is -2.32. The third-order valence-electron chi connectivity index (χ3n) is 7.03. The Balaban J connectivity index is 1.78. The number of carbonyl (C=O) groups is 2. The quantitative estimate of drug-likeness (QED) is 0.123. The van der Waals surface area contributed by atoms with Crippen LogP contribution in [0.3, 0.4) is 0 Å². The third-order valence-corrected chi connectivity index (χ3v) is 7.03. The number of hydrogen-bond donors (Lipinski definition) is 0. The lowest BCUT2D eigenvalue weighted by Gasteiger charge is -2.25. The van der Waals surface area contributed by atoms with Crippen LogP contribution in [-0.2, 0) is 16.0 Å². The van der Waals surface area contributed by atoms with Gasteiger partial charge in [-0.25, -0.2) is 13.2 Å². The van der Waals surface area contributed by atoms with Crippen LogP contribution in [0.25, 0.3) is 16.6 Å². The van der Waals surface area contributed by atoms with Gasteiger partial charge in [0.25, 0.3) is 0 Å². The van der Waals surface area contributed by atoms with E-state index in [1.54, 1.807) is 18.3 Å². The summed E-state index contributed by atoms with van der Waals surface area (Å²) in [5.41, 5.74) is 0.859. The largest absolute Gasteiger partial charge is 0.496 e. The monoisotopic (exact) mass is 583 g/mol. The maximum Gasteiger partial charge on any atom is 0.335 e. The lowest BCUT2D eigenvalue weighted by molar-refractivity contribution is -0.385. The fraction of sp³-hybridized carbons (Fsp3) is 0.241. The Hall–Kier alpha value is -4.91. The van der Waals surface area contributed by atoms with Gasteiger partial charge in [-0.2, -0.15) is 0 Å². The molecule has 1 aliphatic rings. The standard InChI is InChI=1S/C29H24F3N3O7/c1-15(36)33(8-10-40-2)21-14-23(41-3)24-18-5-4-7-34-22(28(37)17-11-19(30)25(32)20(31)12-17)13-16(26(18)34)6-9-42-29(24)27(21)35(38)39/h4-5,7,11-14H,6,8-10H2,1-3H3.